The lowest BCUT2D eigenvalue weighted by atomic mass is 9.98. The molecule has 0 unspecified atom stereocenters. The maximum atomic E-state index is 12.9. The second kappa shape index (κ2) is 5.41. The first-order valence-corrected chi connectivity index (χ1v) is 6.28. The largest absolute Gasteiger partial charge is 0.478 e. The molecule has 2 rings (SSSR count). The summed E-state index contributed by atoms with van der Waals surface area (Å²) in [4.78, 5) is 11.0. The Labute approximate surface area is 123 Å². The van der Waals surface area contributed by atoms with E-state index in [1.165, 1.54) is 12.1 Å². The summed E-state index contributed by atoms with van der Waals surface area (Å²) in [5.41, 5.74) is -0.0557. The predicted octanol–water partition coefficient (Wildman–Crippen LogP) is 5.03. The van der Waals surface area contributed by atoms with Crippen molar-refractivity contribution in [3.05, 3.63) is 58.1 Å². The van der Waals surface area contributed by atoms with Crippen LogP contribution in [0.3, 0.4) is 0 Å². The molecule has 0 aliphatic heterocycles. The Morgan fingerprint density at radius 3 is 2.29 bits per heavy atom. The minimum Gasteiger partial charge on any atom is -0.478 e. The first-order chi connectivity index (χ1) is 9.68. The number of aryl methyl sites for hydroxylation is 1. The monoisotopic (exact) mass is 314 g/mol. The Kier molecular flexibility index (Phi) is 3.96. The Morgan fingerprint density at radius 2 is 1.76 bits per heavy atom. The number of halogens is 4. The van der Waals surface area contributed by atoms with Gasteiger partial charge in [0.15, 0.2) is 0 Å². The van der Waals surface area contributed by atoms with Crippen LogP contribution in [0.15, 0.2) is 36.4 Å². The van der Waals surface area contributed by atoms with Gasteiger partial charge in [-0.15, -0.1) is 0 Å². The van der Waals surface area contributed by atoms with Crippen molar-refractivity contribution < 1.29 is 23.1 Å². The van der Waals surface area contributed by atoms with Crippen LogP contribution < -0.4 is 0 Å². The summed E-state index contributed by atoms with van der Waals surface area (Å²) in [6.45, 7) is 1.76. The van der Waals surface area contributed by atoms with Gasteiger partial charge in [-0.1, -0.05) is 23.7 Å². The van der Waals surface area contributed by atoms with Crippen LogP contribution in [-0.2, 0) is 6.18 Å². The molecule has 0 amide bonds. The van der Waals surface area contributed by atoms with Gasteiger partial charge >= 0.3 is 12.1 Å². The second-order valence-electron chi connectivity index (χ2n) is 4.57. The van der Waals surface area contributed by atoms with Crippen LogP contribution in [0.1, 0.15) is 21.5 Å². The van der Waals surface area contributed by atoms with Crippen molar-refractivity contribution >= 4 is 17.6 Å². The zero-order chi connectivity index (χ0) is 15.8. The number of carbonyl (C=O) groups is 1. The molecule has 2 aromatic rings. The van der Waals surface area contributed by atoms with E-state index in [0.717, 1.165) is 11.6 Å². The Bertz CT molecular complexity index is 709. The number of benzene rings is 2. The van der Waals surface area contributed by atoms with Gasteiger partial charge in [0.2, 0.25) is 0 Å². The molecule has 2 aromatic carbocycles. The van der Waals surface area contributed by atoms with E-state index in [1.807, 2.05) is 0 Å². The molecule has 0 heterocycles. The number of carboxylic acid groups (broad SMARTS) is 1. The zero-order valence-corrected chi connectivity index (χ0v) is 11.6. The van der Waals surface area contributed by atoms with Gasteiger partial charge < -0.3 is 5.11 Å². The summed E-state index contributed by atoms with van der Waals surface area (Å²) < 4.78 is 38.6. The van der Waals surface area contributed by atoms with Gasteiger partial charge in [0.05, 0.1) is 11.1 Å². The van der Waals surface area contributed by atoms with E-state index in [9.17, 15) is 18.0 Å². The number of hydrogen-bond donors (Lipinski definition) is 1. The van der Waals surface area contributed by atoms with Crippen LogP contribution in [0.5, 0.6) is 0 Å². The smallest absolute Gasteiger partial charge is 0.416 e. The minimum absolute atomic E-state index is 0.157. The molecule has 2 nitrogen and oxygen atoms in total. The Hall–Kier alpha value is -2.01. The fourth-order valence-electron chi connectivity index (χ4n) is 1.85. The first-order valence-electron chi connectivity index (χ1n) is 5.90. The number of aromatic carboxylic acids is 1. The Morgan fingerprint density at radius 1 is 1.10 bits per heavy atom. The molecule has 21 heavy (non-hydrogen) atoms. The van der Waals surface area contributed by atoms with Crippen molar-refractivity contribution in [3.63, 3.8) is 0 Å². The molecule has 110 valence electrons. The maximum absolute atomic E-state index is 12.9. The molecule has 0 bridgehead atoms. The van der Waals surface area contributed by atoms with Gasteiger partial charge in [-0.05, 0) is 47.9 Å². The van der Waals surface area contributed by atoms with Gasteiger partial charge in [-0.25, -0.2) is 4.79 Å². The van der Waals surface area contributed by atoms with Crippen LogP contribution >= 0.6 is 11.6 Å². The summed E-state index contributed by atoms with van der Waals surface area (Å²) in [5.74, 6) is -1.42. The van der Waals surface area contributed by atoms with E-state index < -0.39 is 23.3 Å². The van der Waals surface area contributed by atoms with Gasteiger partial charge in [-0.2, -0.15) is 13.2 Å². The van der Waals surface area contributed by atoms with Gasteiger partial charge in [0, 0.05) is 5.02 Å². The van der Waals surface area contributed by atoms with Crippen LogP contribution in [0.25, 0.3) is 11.1 Å². The van der Waals surface area contributed by atoms with Gasteiger partial charge in [0.1, 0.15) is 0 Å². The van der Waals surface area contributed by atoms with Crippen LogP contribution in [-0.4, -0.2) is 11.1 Å². The standard InChI is InChI=1S/C15H10ClF3O2/c1-8-2-3-9(7-13(8)16)10-4-11(14(20)21)6-12(5-10)15(17,18)19/h2-7H,1H3,(H,20,21). The summed E-state index contributed by atoms with van der Waals surface area (Å²) in [6, 6.07) is 7.49. The molecular weight excluding hydrogens is 305 g/mol. The van der Waals surface area contributed by atoms with E-state index in [-0.39, 0.29) is 5.56 Å². The maximum Gasteiger partial charge on any atom is 0.416 e. The number of rotatable bonds is 2. The Balaban J connectivity index is 2.64. The zero-order valence-electron chi connectivity index (χ0n) is 10.8. The quantitative estimate of drug-likeness (QED) is 0.844. The van der Waals surface area contributed by atoms with Crippen LogP contribution in [0, 0.1) is 6.92 Å². The van der Waals surface area contributed by atoms with E-state index in [1.54, 1.807) is 19.1 Å². The lowest BCUT2D eigenvalue weighted by Gasteiger charge is -2.11. The lowest BCUT2D eigenvalue weighted by molar-refractivity contribution is -0.137. The number of hydrogen-bond acceptors (Lipinski definition) is 1. The molecule has 0 aliphatic rings. The number of carboxylic acids is 1. The van der Waals surface area contributed by atoms with Crippen molar-refractivity contribution in [2.75, 3.05) is 0 Å². The molecule has 0 fully saturated rings. The summed E-state index contributed by atoms with van der Waals surface area (Å²) in [7, 11) is 0. The number of alkyl halides is 3. The topological polar surface area (TPSA) is 37.3 Å². The third kappa shape index (κ3) is 3.36. The van der Waals surface area contributed by atoms with Crippen molar-refractivity contribution in [2.24, 2.45) is 0 Å². The normalized spacial score (nSPS) is 11.5. The summed E-state index contributed by atoms with van der Waals surface area (Å²) in [5, 5.41) is 9.36. The van der Waals surface area contributed by atoms with Crippen molar-refractivity contribution in [1.82, 2.24) is 0 Å². The van der Waals surface area contributed by atoms with E-state index in [2.05, 4.69) is 0 Å². The average Bonchev–Trinajstić information content (AvgIpc) is 2.40. The van der Waals surface area contributed by atoms with E-state index >= 15 is 0 Å². The summed E-state index contributed by atoms with van der Waals surface area (Å²) >= 11 is 5.96. The van der Waals surface area contributed by atoms with Gasteiger partial charge in [0.25, 0.3) is 0 Å². The molecule has 0 aliphatic carbocycles. The fraction of sp³-hybridized carbons (Fsp3) is 0.133. The van der Waals surface area contributed by atoms with E-state index in [4.69, 9.17) is 16.7 Å². The molecule has 0 spiro atoms. The third-order valence-corrected chi connectivity index (χ3v) is 3.42. The second-order valence-corrected chi connectivity index (χ2v) is 4.97. The highest BCUT2D eigenvalue weighted by Crippen LogP contribution is 2.34. The minimum atomic E-state index is -4.62. The third-order valence-electron chi connectivity index (χ3n) is 3.01. The van der Waals surface area contributed by atoms with Crippen molar-refractivity contribution in [2.45, 2.75) is 13.1 Å². The average molecular weight is 315 g/mol. The van der Waals surface area contributed by atoms with Crippen molar-refractivity contribution in [3.8, 4) is 11.1 Å². The highest BCUT2D eigenvalue weighted by Gasteiger charge is 2.32. The highest BCUT2D eigenvalue weighted by atomic mass is 35.5. The first kappa shape index (κ1) is 15.4. The molecule has 0 aromatic heterocycles. The van der Waals surface area contributed by atoms with Crippen molar-refractivity contribution in [1.29, 1.82) is 0 Å². The fourth-order valence-corrected chi connectivity index (χ4v) is 2.03. The predicted molar refractivity (Wildman–Crippen MR) is 73.6 cm³/mol. The molecule has 6 heteroatoms. The molecule has 0 atom stereocenters. The molecule has 0 saturated carbocycles. The molecule has 0 saturated heterocycles. The van der Waals surface area contributed by atoms with Crippen LogP contribution in [0.4, 0.5) is 13.2 Å². The SMILES string of the molecule is Cc1ccc(-c2cc(C(=O)O)cc(C(F)(F)F)c2)cc1Cl. The molecule has 1 N–H and O–H groups in total. The van der Waals surface area contributed by atoms with Crippen LogP contribution in [0.2, 0.25) is 5.02 Å². The van der Waals surface area contributed by atoms with E-state index in [0.29, 0.717) is 16.7 Å². The molecule has 0 radical (unpaired) electrons. The lowest BCUT2D eigenvalue weighted by Crippen LogP contribution is -2.08. The highest BCUT2D eigenvalue weighted by molar-refractivity contribution is 6.31. The molecular formula is C15H10ClF3O2. The summed E-state index contributed by atoms with van der Waals surface area (Å²) in [6.07, 6.45) is -4.62. The van der Waals surface area contributed by atoms with Gasteiger partial charge in [-0.3, -0.25) is 0 Å².